The van der Waals surface area contributed by atoms with Crippen molar-refractivity contribution < 1.29 is 19.0 Å². The van der Waals surface area contributed by atoms with Crippen molar-refractivity contribution in [2.75, 3.05) is 21.3 Å². The molecule has 1 atom stereocenters. The molecule has 0 heterocycles. The van der Waals surface area contributed by atoms with Gasteiger partial charge in [0.1, 0.15) is 0 Å². The maximum atomic E-state index is 13.2. The van der Waals surface area contributed by atoms with Crippen LogP contribution < -0.4 is 19.5 Å². The van der Waals surface area contributed by atoms with Crippen molar-refractivity contribution in [1.82, 2.24) is 5.32 Å². The van der Waals surface area contributed by atoms with Crippen LogP contribution in [0.3, 0.4) is 0 Å². The van der Waals surface area contributed by atoms with Gasteiger partial charge in [-0.3, -0.25) is 4.79 Å². The van der Waals surface area contributed by atoms with Gasteiger partial charge in [0.15, 0.2) is 11.5 Å². The summed E-state index contributed by atoms with van der Waals surface area (Å²) in [6.45, 7) is 2.21. The number of carbonyl (C=O) groups is 1. The Labute approximate surface area is 168 Å². The van der Waals surface area contributed by atoms with Crippen LogP contribution in [0, 0.1) is 23.2 Å². The fraction of sp³-hybridized carbons (Fsp3) is 0.696. The highest BCUT2D eigenvalue weighted by Gasteiger charge is 2.54. The Morgan fingerprint density at radius 1 is 1.00 bits per heavy atom. The van der Waals surface area contributed by atoms with E-state index in [1.807, 2.05) is 0 Å². The van der Waals surface area contributed by atoms with E-state index >= 15 is 0 Å². The standard InChI is InChI=1S/C23H33NO4/c1-5-20(23-11-14-6-15(12-23)8-16(7-14)13-23)24-22(25)17-9-18(26-2)21(28-4)19(10-17)27-3/h9-10,14-16,20H,5-8,11-13H2,1-4H3,(H,24,25)/t14?,15?,16?,20-,23?/m0/s1. The van der Waals surface area contributed by atoms with Gasteiger partial charge in [0, 0.05) is 11.6 Å². The minimum Gasteiger partial charge on any atom is -0.493 e. The predicted octanol–water partition coefficient (Wildman–Crippen LogP) is 4.44. The number of nitrogens with one attached hydrogen (secondary N) is 1. The zero-order valence-corrected chi connectivity index (χ0v) is 17.5. The molecule has 1 N–H and O–H groups in total. The number of ether oxygens (including phenoxy) is 3. The molecule has 5 rings (SSSR count). The maximum absolute atomic E-state index is 13.2. The number of methoxy groups -OCH3 is 3. The summed E-state index contributed by atoms with van der Waals surface area (Å²) in [6.07, 6.45) is 9.07. The van der Waals surface area contributed by atoms with E-state index in [-0.39, 0.29) is 11.9 Å². The van der Waals surface area contributed by atoms with Gasteiger partial charge in [-0.2, -0.15) is 0 Å². The second-order valence-corrected chi connectivity index (χ2v) is 9.13. The van der Waals surface area contributed by atoms with Crippen LogP contribution in [0.15, 0.2) is 12.1 Å². The smallest absolute Gasteiger partial charge is 0.251 e. The van der Waals surface area contributed by atoms with Crippen LogP contribution in [0.5, 0.6) is 17.2 Å². The molecule has 28 heavy (non-hydrogen) atoms. The van der Waals surface area contributed by atoms with Crippen LogP contribution in [0.4, 0.5) is 0 Å². The van der Waals surface area contributed by atoms with Crippen LogP contribution >= 0.6 is 0 Å². The molecule has 0 unspecified atom stereocenters. The van der Waals surface area contributed by atoms with Gasteiger partial charge in [0.25, 0.3) is 5.91 Å². The number of hydrogen-bond donors (Lipinski definition) is 1. The highest BCUT2D eigenvalue weighted by Crippen LogP contribution is 2.61. The first kappa shape index (κ1) is 19.4. The Kier molecular flexibility index (Phi) is 5.19. The molecular formula is C23H33NO4. The summed E-state index contributed by atoms with van der Waals surface area (Å²) in [6, 6.07) is 3.71. The molecule has 4 bridgehead atoms. The van der Waals surface area contributed by atoms with Gasteiger partial charge < -0.3 is 19.5 Å². The molecule has 1 aromatic rings. The molecule has 0 spiro atoms. The second kappa shape index (κ2) is 7.49. The molecule has 0 saturated heterocycles. The van der Waals surface area contributed by atoms with Crippen LogP contribution in [0.25, 0.3) is 0 Å². The lowest BCUT2D eigenvalue weighted by molar-refractivity contribution is -0.0727. The molecule has 5 heteroatoms. The number of amides is 1. The molecule has 4 saturated carbocycles. The fourth-order valence-corrected chi connectivity index (χ4v) is 6.75. The predicted molar refractivity (Wildman–Crippen MR) is 108 cm³/mol. The van der Waals surface area contributed by atoms with Crippen molar-refractivity contribution >= 4 is 5.91 Å². The molecular weight excluding hydrogens is 354 g/mol. The Bertz CT molecular complexity index is 684. The van der Waals surface area contributed by atoms with E-state index in [1.165, 1.54) is 38.5 Å². The fourth-order valence-electron chi connectivity index (χ4n) is 6.75. The van der Waals surface area contributed by atoms with Crippen LogP contribution in [0.2, 0.25) is 0 Å². The molecule has 4 aliphatic carbocycles. The molecule has 4 fully saturated rings. The van der Waals surface area contributed by atoms with Gasteiger partial charge >= 0.3 is 0 Å². The molecule has 1 amide bonds. The number of rotatable bonds is 7. The van der Waals surface area contributed by atoms with E-state index in [4.69, 9.17) is 14.2 Å². The largest absolute Gasteiger partial charge is 0.493 e. The van der Waals surface area contributed by atoms with Gasteiger partial charge in [-0.25, -0.2) is 0 Å². The third-order valence-electron chi connectivity index (χ3n) is 7.47. The molecule has 0 radical (unpaired) electrons. The van der Waals surface area contributed by atoms with Gasteiger partial charge in [-0.1, -0.05) is 6.92 Å². The maximum Gasteiger partial charge on any atom is 0.251 e. The van der Waals surface area contributed by atoms with E-state index in [0.29, 0.717) is 28.2 Å². The molecule has 1 aromatic carbocycles. The minimum atomic E-state index is -0.0538. The minimum absolute atomic E-state index is 0.0538. The average molecular weight is 388 g/mol. The summed E-state index contributed by atoms with van der Waals surface area (Å²) >= 11 is 0. The zero-order valence-electron chi connectivity index (χ0n) is 17.5. The van der Waals surface area contributed by atoms with E-state index in [0.717, 1.165) is 24.2 Å². The van der Waals surface area contributed by atoms with Crippen LogP contribution in [-0.4, -0.2) is 33.3 Å². The third-order valence-corrected chi connectivity index (χ3v) is 7.47. The normalized spacial score (nSPS) is 31.4. The van der Waals surface area contributed by atoms with Crippen molar-refractivity contribution in [3.05, 3.63) is 17.7 Å². The first-order valence-electron chi connectivity index (χ1n) is 10.6. The van der Waals surface area contributed by atoms with Gasteiger partial charge in [0.05, 0.1) is 21.3 Å². The van der Waals surface area contributed by atoms with E-state index in [1.54, 1.807) is 33.5 Å². The highest BCUT2D eigenvalue weighted by molar-refractivity contribution is 5.95. The quantitative estimate of drug-likeness (QED) is 0.752. The van der Waals surface area contributed by atoms with Gasteiger partial charge in [-0.15, -0.1) is 0 Å². The summed E-state index contributed by atoms with van der Waals surface area (Å²) in [5.74, 6) is 4.09. The summed E-state index contributed by atoms with van der Waals surface area (Å²) in [4.78, 5) is 13.2. The van der Waals surface area contributed by atoms with Crippen molar-refractivity contribution in [3.63, 3.8) is 0 Å². The van der Waals surface area contributed by atoms with Gasteiger partial charge in [0.2, 0.25) is 5.75 Å². The second-order valence-electron chi connectivity index (χ2n) is 9.13. The SMILES string of the molecule is CC[C@H](NC(=O)c1cc(OC)c(OC)c(OC)c1)C12CC3CC(CC(C3)C1)C2. The summed E-state index contributed by atoms with van der Waals surface area (Å²) in [7, 11) is 4.72. The third kappa shape index (κ3) is 3.23. The Balaban J connectivity index is 1.57. The van der Waals surface area contributed by atoms with Crippen molar-refractivity contribution in [1.29, 1.82) is 0 Å². The van der Waals surface area contributed by atoms with Gasteiger partial charge in [-0.05, 0) is 80.2 Å². The number of benzene rings is 1. The first-order chi connectivity index (χ1) is 13.5. The Morgan fingerprint density at radius 3 is 1.89 bits per heavy atom. The Hall–Kier alpha value is -1.91. The summed E-state index contributed by atoms with van der Waals surface area (Å²) in [5, 5.41) is 3.39. The lowest BCUT2D eigenvalue weighted by atomic mass is 9.47. The van der Waals surface area contributed by atoms with Crippen LogP contribution in [-0.2, 0) is 0 Å². The topological polar surface area (TPSA) is 56.8 Å². The van der Waals surface area contributed by atoms with Crippen molar-refractivity contribution in [2.24, 2.45) is 23.2 Å². The van der Waals surface area contributed by atoms with E-state index < -0.39 is 0 Å². The zero-order chi connectivity index (χ0) is 19.9. The molecule has 154 valence electrons. The van der Waals surface area contributed by atoms with E-state index in [2.05, 4.69) is 12.2 Å². The number of carbonyl (C=O) groups excluding carboxylic acids is 1. The van der Waals surface area contributed by atoms with E-state index in [9.17, 15) is 4.79 Å². The molecule has 5 nitrogen and oxygen atoms in total. The lowest BCUT2D eigenvalue weighted by Crippen LogP contribution is -2.56. The molecule has 0 aliphatic heterocycles. The van der Waals surface area contributed by atoms with Crippen molar-refractivity contribution in [2.45, 2.75) is 57.9 Å². The summed E-state index contributed by atoms with van der Waals surface area (Å²) < 4.78 is 16.2. The first-order valence-corrected chi connectivity index (χ1v) is 10.6. The summed E-state index contributed by atoms with van der Waals surface area (Å²) in [5.41, 5.74) is 0.845. The monoisotopic (exact) mass is 387 g/mol. The molecule has 0 aromatic heterocycles. The van der Waals surface area contributed by atoms with Crippen molar-refractivity contribution in [3.8, 4) is 17.2 Å². The number of hydrogen-bond acceptors (Lipinski definition) is 4. The van der Waals surface area contributed by atoms with Crippen LogP contribution in [0.1, 0.15) is 62.2 Å². The Morgan fingerprint density at radius 2 is 1.50 bits per heavy atom. The highest BCUT2D eigenvalue weighted by atomic mass is 16.5. The molecule has 4 aliphatic rings. The average Bonchev–Trinajstić information content (AvgIpc) is 2.69. The lowest BCUT2D eigenvalue weighted by Gasteiger charge is -2.59.